The van der Waals surface area contributed by atoms with Crippen LogP contribution in [-0.2, 0) is 14.3 Å². The molecule has 0 N–H and O–H groups in total. The van der Waals surface area contributed by atoms with E-state index >= 15 is 0 Å². The van der Waals surface area contributed by atoms with Crippen LogP contribution in [0.25, 0.3) is 0 Å². The molecule has 2 rings (SSSR count). The fourth-order valence-corrected chi connectivity index (χ4v) is 2.41. The molecule has 1 aliphatic heterocycles. The van der Waals surface area contributed by atoms with E-state index in [-0.39, 0.29) is 11.5 Å². The number of hydrogen-bond acceptors (Lipinski definition) is 7. The van der Waals surface area contributed by atoms with Crippen molar-refractivity contribution in [3.05, 3.63) is 35.0 Å². The number of likely N-dealkylation sites (tertiary alicyclic amines) is 1. The van der Waals surface area contributed by atoms with Gasteiger partial charge in [0.1, 0.15) is 16.3 Å². The maximum atomic E-state index is 12.1. The van der Waals surface area contributed by atoms with Gasteiger partial charge in [0.25, 0.3) is 0 Å². The molecular formula is C15H16BrN3O5. The fourth-order valence-electron chi connectivity index (χ4n) is 2.20. The number of halogens is 1. The molecule has 0 aliphatic carbocycles. The van der Waals surface area contributed by atoms with Gasteiger partial charge in [0, 0.05) is 6.54 Å². The van der Waals surface area contributed by atoms with Crippen LogP contribution in [0.15, 0.2) is 29.3 Å². The van der Waals surface area contributed by atoms with Crippen LogP contribution in [0, 0.1) is 0 Å². The van der Waals surface area contributed by atoms with Crippen molar-refractivity contribution in [2.45, 2.75) is 25.8 Å². The van der Waals surface area contributed by atoms with Gasteiger partial charge in [0.05, 0.1) is 18.2 Å². The van der Waals surface area contributed by atoms with Crippen LogP contribution in [-0.4, -0.2) is 51.9 Å². The Bertz CT molecular complexity index is 662. The maximum absolute atomic E-state index is 12.1. The van der Waals surface area contributed by atoms with E-state index in [1.54, 1.807) is 6.92 Å². The number of carbonyl (C=O) groups is 3. The minimum atomic E-state index is -0.763. The van der Waals surface area contributed by atoms with Gasteiger partial charge in [0.15, 0.2) is 6.61 Å². The zero-order valence-electron chi connectivity index (χ0n) is 13.0. The standard InChI is InChI=1S/C15H16BrN3O5/c1-9(2)24-15(22)19-5-3-4-11(19)14(21)23-8-12(20)10-6-18-13(16)7-17-10/h6-7,11H,1,3-5,8H2,2H3/t11-/m0/s1. The molecule has 9 heteroatoms. The van der Waals surface area contributed by atoms with Crippen LogP contribution in [0.4, 0.5) is 4.79 Å². The van der Waals surface area contributed by atoms with Crippen LogP contribution in [0.5, 0.6) is 0 Å². The second-order valence-electron chi connectivity index (χ2n) is 5.18. The number of aromatic nitrogens is 2. The predicted octanol–water partition coefficient (Wildman–Crippen LogP) is 2.10. The average molecular weight is 398 g/mol. The average Bonchev–Trinajstić information content (AvgIpc) is 3.02. The van der Waals surface area contributed by atoms with Crippen molar-refractivity contribution < 1.29 is 23.9 Å². The first-order chi connectivity index (χ1) is 11.4. The van der Waals surface area contributed by atoms with Crippen molar-refractivity contribution >= 4 is 33.8 Å². The third-order valence-electron chi connectivity index (χ3n) is 3.27. The zero-order valence-corrected chi connectivity index (χ0v) is 14.6. The van der Waals surface area contributed by atoms with Crippen LogP contribution < -0.4 is 0 Å². The minimum Gasteiger partial charge on any atom is -0.456 e. The second-order valence-corrected chi connectivity index (χ2v) is 5.99. The van der Waals surface area contributed by atoms with E-state index in [1.807, 2.05) is 0 Å². The zero-order chi connectivity index (χ0) is 17.7. The monoisotopic (exact) mass is 397 g/mol. The fraction of sp³-hybridized carbons (Fsp3) is 0.400. The number of esters is 1. The minimum absolute atomic E-state index is 0.0935. The van der Waals surface area contributed by atoms with Crippen molar-refractivity contribution in [2.24, 2.45) is 0 Å². The first-order valence-corrected chi connectivity index (χ1v) is 7.99. The van der Waals surface area contributed by atoms with E-state index in [0.29, 0.717) is 24.0 Å². The van der Waals surface area contributed by atoms with Gasteiger partial charge in [-0.15, -0.1) is 0 Å². The highest BCUT2D eigenvalue weighted by Gasteiger charge is 2.36. The Kier molecular flexibility index (Phi) is 6.02. The van der Waals surface area contributed by atoms with Gasteiger partial charge >= 0.3 is 12.1 Å². The third-order valence-corrected chi connectivity index (χ3v) is 3.68. The van der Waals surface area contributed by atoms with E-state index in [4.69, 9.17) is 9.47 Å². The molecule has 0 aromatic carbocycles. The number of Topliss-reactive ketones (excluding diaryl/α,β-unsaturated/α-hetero) is 1. The van der Waals surface area contributed by atoms with Crippen molar-refractivity contribution in [2.75, 3.05) is 13.2 Å². The molecule has 1 aromatic rings. The Balaban J connectivity index is 1.91. The van der Waals surface area contributed by atoms with Crippen LogP contribution in [0.3, 0.4) is 0 Å². The van der Waals surface area contributed by atoms with E-state index in [9.17, 15) is 14.4 Å². The van der Waals surface area contributed by atoms with Gasteiger partial charge in [-0.25, -0.2) is 19.6 Å². The van der Waals surface area contributed by atoms with E-state index in [2.05, 4.69) is 32.5 Å². The normalized spacial score (nSPS) is 16.6. The molecule has 24 heavy (non-hydrogen) atoms. The van der Waals surface area contributed by atoms with Crippen LogP contribution in [0.1, 0.15) is 30.3 Å². The Morgan fingerprint density at radius 3 is 2.75 bits per heavy atom. The highest BCUT2D eigenvalue weighted by Crippen LogP contribution is 2.20. The number of carbonyl (C=O) groups excluding carboxylic acids is 3. The number of ketones is 1. The Labute approximate surface area is 147 Å². The van der Waals surface area contributed by atoms with Gasteiger partial charge in [-0.1, -0.05) is 6.58 Å². The lowest BCUT2D eigenvalue weighted by atomic mass is 10.2. The molecule has 1 amide bonds. The summed E-state index contributed by atoms with van der Waals surface area (Å²) in [6.07, 6.45) is 3.12. The molecule has 0 unspecified atom stereocenters. The number of ether oxygens (including phenoxy) is 2. The largest absolute Gasteiger partial charge is 0.456 e. The predicted molar refractivity (Wildman–Crippen MR) is 86.0 cm³/mol. The topological polar surface area (TPSA) is 98.7 Å². The van der Waals surface area contributed by atoms with Gasteiger partial charge in [0.2, 0.25) is 5.78 Å². The van der Waals surface area contributed by atoms with Crippen molar-refractivity contribution in [1.82, 2.24) is 14.9 Å². The smallest absolute Gasteiger partial charge is 0.415 e. The molecule has 0 bridgehead atoms. The molecule has 1 aliphatic rings. The summed E-state index contributed by atoms with van der Waals surface area (Å²) in [5, 5.41) is 0. The first kappa shape index (κ1) is 18.1. The van der Waals surface area contributed by atoms with Crippen molar-refractivity contribution in [1.29, 1.82) is 0 Å². The molecule has 1 atom stereocenters. The number of nitrogens with zero attached hydrogens (tertiary/aromatic N) is 3. The molecular weight excluding hydrogens is 382 g/mol. The summed E-state index contributed by atoms with van der Waals surface area (Å²) in [6, 6.07) is -0.763. The van der Waals surface area contributed by atoms with E-state index in [1.165, 1.54) is 17.3 Å². The molecule has 0 saturated carbocycles. The van der Waals surface area contributed by atoms with Crippen molar-refractivity contribution in [3.8, 4) is 0 Å². The third kappa shape index (κ3) is 4.60. The van der Waals surface area contributed by atoms with E-state index in [0.717, 1.165) is 0 Å². The summed E-state index contributed by atoms with van der Waals surface area (Å²) in [5.74, 6) is -0.884. The van der Waals surface area contributed by atoms with Gasteiger partial charge < -0.3 is 9.47 Å². The molecule has 128 valence electrons. The first-order valence-electron chi connectivity index (χ1n) is 7.20. The Morgan fingerprint density at radius 2 is 2.12 bits per heavy atom. The lowest BCUT2D eigenvalue weighted by Gasteiger charge is -2.22. The highest BCUT2D eigenvalue weighted by atomic mass is 79.9. The number of hydrogen-bond donors (Lipinski definition) is 0. The lowest BCUT2D eigenvalue weighted by Crippen LogP contribution is -2.42. The van der Waals surface area contributed by atoms with Crippen LogP contribution in [0.2, 0.25) is 0 Å². The van der Waals surface area contributed by atoms with Gasteiger partial charge in [-0.3, -0.25) is 9.69 Å². The SMILES string of the molecule is C=C(C)OC(=O)N1CCC[C@H]1C(=O)OCC(=O)c1cnc(Br)cn1. The number of allylic oxidation sites excluding steroid dienone is 1. The molecule has 0 radical (unpaired) electrons. The summed E-state index contributed by atoms with van der Waals surface area (Å²) in [7, 11) is 0. The highest BCUT2D eigenvalue weighted by molar-refractivity contribution is 9.10. The Morgan fingerprint density at radius 1 is 1.38 bits per heavy atom. The lowest BCUT2D eigenvalue weighted by molar-refractivity contribution is -0.147. The van der Waals surface area contributed by atoms with E-state index < -0.39 is 30.5 Å². The summed E-state index contributed by atoms with van der Waals surface area (Å²) in [6.45, 7) is 4.95. The Hall–Kier alpha value is -2.29. The number of rotatable bonds is 5. The quantitative estimate of drug-likeness (QED) is 0.426. The van der Waals surface area contributed by atoms with Crippen LogP contribution >= 0.6 is 15.9 Å². The summed E-state index contributed by atoms with van der Waals surface area (Å²) in [5.41, 5.74) is 0.0935. The molecule has 1 fully saturated rings. The van der Waals surface area contributed by atoms with Gasteiger partial charge in [-0.05, 0) is 35.7 Å². The summed E-state index contributed by atoms with van der Waals surface area (Å²) < 4.78 is 10.4. The number of amides is 1. The maximum Gasteiger partial charge on any atom is 0.415 e. The molecule has 2 heterocycles. The second kappa shape index (κ2) is 8.00. The molecule has 1 saturated heterocycles. The molecule has 8 nitrogen and oxygen atoms in total. The summed E-state index contributed by atoms with van der Waals surface area (Å²) in [4.78, 5) is 45.0. The molecule has 0 spiro atoms. The van der Waals surface area contributed by atoms with Gasteiger partial charge in [-0.2, -0.15) is 0 Å². The molecule has 1 aromatic heterocycles. The van der Waals surface area contributed by atoms with Crippen molar-refractivity contribution in [3.63, 3.8) is 0 Å². The summed E-state index contributed by atoms with van der Waals surface area (Å²) >= 11 is 3.11.